The summed E-state index contributed by atoms with van der Waals surface area (Å²) in [6.07, 6.45) is 0. The van der Waals surface area contributed by atoms with E-state index in [9.17, 15) is 0 Å². The molecule has 20 heavy (non-hydrogen) atoms. The van der Waals surface area contributed by atoms with Crippen molar-refractivity contribution in [2.45, 2.75) is 6.54 Å². The maximum atomic E-state index is 5.38. The molecule has 0 amide bonds. The van der Waals surface area contributed by atoms with Crippen LogP contribution in [0.15, 0.2) is 36.4 Å². The molecule has 1 aromatic heterocycles. The maximum Gasteiger partial charge on any atom is 0.119 e. The number of hydrogen-bond acceptors (Lipinski definition) is 4. The van der Waals surface area contributed by atoms with Crippen molar-refractivity contribution in [3.8, 4) is 17.6 Å². The Morgan fingerprint density at radius 1 is 1.20 bits per heavy atom. The molecule has 2 rings (SSSR count). The molecule has 2 aromatic rings. The van der Waals surface area contributed by atoms with Gasteiger partial charge in [0.25, 0.3) is 0 Å². The average Bonchev–Trinajstić information content (AvgIpc) is 2.92. The van der Waals surface area contributed by atoms with Crippen molar-refractivity contribution < 1.29 is 4.74 Å². The summed E-state index contributed by atoms with van der Waals surface area (Å²) in [5.41, 5.74) is 6.54. The van der Waals surface area contributed by atoms with Crippen molar-refractivity contribution in [2.24, 2.45) is 5.73 Å². The summed E-state index contributed by atoms with van der Waals surface area (Å²) < 4.78 is 5.17. The van der Waals surface area contributed by atoms with E-state index < -0.39 is 0 Å². The van der Waals surface area contributed by atoms with Gasteiger partial charge in [-0.05, 0) is 36.4 Å². The molecule has 0 aliphatic heterocycles. The number of hydrogen-bond donors (Lipinski definition) is 1. The second-order valence-corrected chi connectivity index (χ2v) is 5.49. The van der Waals surface area contributed by atoms with Crippen molar-refractivity contribution in [3.05, 3.63) is 46.2 Å². The van der Waals surface area contributed by atoms with Gasteiger partial charge in [-0.3, -0.25) is 0 Å². The van der Waals surface area contributed by atoms with E-state index in [4.69, 9.17) is 10.5 Å². The largest absolute Gasteiger partial charge is 0.497 e. The van der Waals surface area contributed by atoms with Crippen molar-refractivity contribution in [3.63, 3.8) is 0 Å². The number of anilines is 1. The number of nitrogens with zero attached hydrogens (tertiary/aromatic N) is 1. The second-order valence-electron chi connectivity index (χ2n) is 4.33. The predicted molar refractivity (Wildman–Crippen MR) is 85.4 cm³/mol. The zero-order valence-electron chi connectivity index (χ0n) is 11.7. The standard InChI is InChI=1S/C16H18N2OS/c1-18(13-5-7-14(19-2)8-6-13)12-16-10-9-15(20-16)4-3-11-17/h5-10H,11-12,17H2,1-2H3. The van der Waals surface area contributed by atoms with E-state index in [0.717, 1.165) is 22.9 Å². The van der Waals surface area contributed by atoms with Crippen molar-refractivity contribution in [1.29, 1.82) is 0 Å². The summed E-state index contributed by atoms with van der Waals surface area (Å²) in [5, 5.41) is 0. The summed E-state index contributed by atoms with van der Waals surface area (Å²) in [6, 6.07) is 12.2. The number of thiophene rings is 1. The van der Waals surface area contributed by atoms with Crippen LogP contribution in [-0.4, -0.2) is 20.7 Å². The molecule has 0 saturated heterocycles. The SMILES string of the molecule is COc1ccc(N(C)Cc2ccc(C#CCN)s2)cc1. The van der Waals surface area contributed by atoms with Crippen LogP contribution in [0.1, 0.15) is 9.75 Å². The van der Waals surface area contributed by atoms with Crippen LogP contribution in [0.4, 0.5) is 5.69 Å². The van der Waals surface area contributed by atoms with Crippen LogP contribution in [-0.2, 0) is 6.54 Å². The van der Waals surface area contributed by atoms with Gasteiger partial charge in [-0.15, -0.1) is 11.3 Å². The Kier molecular flexibility index (Phi) is 5.05. The zero-order chi connectivity index (χ0) is 14.4. The van der Waals surface area contributed by atoms with E-state index in [1.54, 1.807) is 18.4 Å². The van der Waals surface area contributed by atoms with Gasteiger partial charge in [0, 0.05) is 17.6 Å². The highest BCUT2D eigenvalue weighted by Crippen LogP contribution is 2.22. The van der Waals surface area contributed by atoms with Crippen molar-refractivity contribution in [2.75, 3.05) is 25.6 Å². The van der Waals surface area contributed by atoms with Crippen LogP contribution in [0.5, 0.6) is 5.75 Å². The molecule has 0 bridgehead atoms. The molecule has 3 nitrogen and oxygen atoms in total. The van der Waals surface area contributed by atoms with Gasteiger partial charge in [0.2, 0.25) is 0 Å². The third-order valence-electron chi connectivity index (χ3n) is 2.88. The summed E-state index contributed by atoms with van der Waals surface area (Å²) in [6.45, 7) is 1.26. The van der Waals surface area contributed by atoms with E-state index in [-0.39, 0.29) is 0 Å². The van der Waals surface area contributed by atoms with E-state index in [2.05, 4.69) is 42.0 Å². The molecule has 1 aromatic carbocycles. The summed E-state index contributed by atoms with van der Waals surface area (Å²) in [4.78, 5) is 4.55. The van der Waals surface area contributed by atoms with Gasteiger partial charge >= 0.3 is 0 Å². The minimum Gasteiger partial charge on any atom is -0.497 e. The second kappa shape index (κ2) is 6.99. The van der Waals surface area contributed by atoms with Crippen LogP contribution < -0.4 is 15.4 Å². The Bertz CT molecular complexity index is 607. The smallest absolute Gasteiger partial charge is 0.119 e. The van der Waals surface area contributed by atoms with E-state index >= 15 is 0 Å². The Morgan fingerprint density at radius 3 is 2.60 bits per heavy atom. The predicted octanol–water partition coefficient (Wildman–Crippen LogP) is 2.70. The van der Waals surface area contributed by atoms with E-state index in [1.807, 2.05) is 18.2 Å². The van der Waals surface area contributed by atoms with Gasteiger partial charge < -0.3 is 15.4 Å². The first-order chi connectivity index (χ1) is 9.72. The molecule has 2 N–H and O–H groups in total. The van der Waals surface area contributed by atoms with Gasteiger partial charge in [0.1, 0.15) is 5.75 Å². The number of rotatable bonds is 4. The van der Waals surface area contributed by atoms with Crippen LogP contribution >= 0.6 is 11.3 Å². The Hall–Kier alpha value is -1.96. The number of nitrogens with two attached hydrogens (primary N) is 1. The molecule has 0 radical (unpaired) electrons. The molecule has 0 fully saturated rings. The Balaban J connectivity index is 2.02. The van der Waals surface area contributed by atoms with Crippen LogP contribution in [0.25, 0.3) is 0 Å². The molecule has 0 aliphatic rings. The lowest BCUT2D eigenvalue weighted by molar-refractivity contribution is 0.415. The molecule has 0 unspecified atom stereocenters. The highest BCUT2D eigenvalue weighted by atomic mass is 32.1. The Morgan fingerprint density at radius 2 is 1.95 bits per heavy atom. The normalized spacial score (nSPS) is 9.75. The molecule has 0 atom stereocenters. The van der Waals surface area contributed by atoms with Crippen molar-refractivity contribution in [1.82, 2.24) is 0 Å². The monoisotopic (exact) mass is 286 g/mol. The van der Waals surface area contributed by atoms with Crippen LogP contribution in [0.2, 0.25) is 0 Å². The van der Waals surface area contributed by atoms with E-state index in [1.165, 1.54) is 4.88 Å². The van der Waals surface area contributed by atoms with E-state index in [0.29, 0.717) is 6.54 Å². The third-order valence-corrected chi connectivity index (χ3v) is 3.87. The minimum atomic E-state index is 0.402. The molecular weight excluding hydrogens is 268 g/mol. The maximum absolute atomic E-state index is 5.38. The van der Waals surface area contributed by atoms with Gasteiger partial charge in [-0.25, -0.2) is 0 Å². The fourth-order valence-corrected chi connectivity index (χ4v) is 2.77. The first-order valence-electron chi connectivity index (χ1n) is 6.36. The summed E-state index contributed by atoms with van der Waals surface area (Å²) in [5.74, 6) is 6.81. The first-order valence-corrected chi connectivity index (χ1v) is 7.17. The summed E-state index contributed by atoms with van der Waals surface area (Å²) >= 11 is 1.71. The highest BCUT2D eigenvalue weighted by molar-refractivity contribution is 7.12. The lowest BCUT2D eigenvalue weighted by Crippen LogP contribution is -2.15. The fraction of sp³-hybridized carbons (Fsp3) is 0.250. The zero-order valence-corrected chi connectivity index (χ0v) is 12.5. The lowest BCUT2D eigenvalue weighted by atomic mass is 10.2. The van der Waals surface area contributed by atoms with Crippen LogP contribution in [0, 0.1) is 11.8 Å². The molecule has 0 spiro atoms. The minimum absolute atomic E-state index is 0.402. The topological polar surface area (TPSA) is 38.5 Å². The number of benzene rings is 1. The Labute approximate surface area is 124 Å². The number of methoxy groups -OCH3 is 1. The summed E-state index contributed by atoms with van der Waals surface area (Å²) in [7, 11) is 3.75. The van der Waals surface area contributed by atoms with Crippen LogP contribution in [0.3, 0.4) is 0 Å². The van der Waals surface area contributed by atoms with Gasteiger partial charge in [0.15, 0.2) is 0 Å². The quantitative estimate of drug-likeness (QED) is 0.878. The van der Waals surface area contributed by atoms with Gasteiger partial charge in [-0.2, -0.15) is 0 Å². The molecule has 0 aliphatic carbocycles. The number of ether oxygens (including phenoxy) is 1. The van der Waals surface area contributed by atoms with Crippen molar-refractivity contribution >= 4 is 17.0 Å². The lowest BCUT2D eigenvalue weighted by Gasteiger charge is -2.18. The molecule has 1 heterocycles. The average molecular weight is 286 g/mol. The first kappa shape index (κ1) is 14.4. The highest BCUT2D eigenvalue weighted by Gasteiger charge is 2.04. The fourth-order valence-electron chi connectivity index (χ4n) is 1.83. The molecule has 0 saturated carbocycles. The third kappa shape index (κ3) is 3.77. The van der Waals surface area contributed by atoms with Gasteiger partial charge in [-0.1, -0.05) is 11.8 Å². The molecule has 104 valence electrons. The molecule has 4 heteroatoms. The molecular formula is C16H18N2OS. The van der Waals surface area contributed by atoms with Gasteiger partial charge in [0.05, 0.1) is 25.1 Å².